The molecule has 0 amide bonds. The van der Waals surface area contributed by atoms with E-state index in [0.29, 0.717) is 0 Å². The van der Waals surface area contributed by atoms with Crippen molar-refractivity contribution >= 4 is 15.9 Å². The summed E-state index contributed by atoms with van der Waals surface area (Å²) in [4.78, 5) is 0. The first-order chi connectivity index (χ1) is 5.93. The fourth-order valence-electron chi connectivity index (χ4n) is 2.05. The maximum absolute atomic E-state index is 3.62. The van der Waals surface area contributed by atoms with E-state index < -0.39 is 0 Å². The van der Waals surface area contributed by atoms with E-state index in [1.807, 2.05) is 0 Å². The van der Waals surface area contributed by atoms with E-state index in [9.17, 15) is 0 Å². The third-order valence-corrected chi connectivity index (χ3v) is 3.86. The zero-order valence-corrected chi connectivity index (χ0v) is 9.61. The Morgan fingerprint density at radius 3 is 1.58 bits per heavy atom. The summed E-state index contributed by atoms with van der Waals surface area (Å²) in [5.41, 5.74) is 0. The standard InChI is InChI=1S/C11H21Br/c12-10-11-8-6-4-2-1-3-5-7-9-11/h11H,1-10H2. The number of alkyl halides is 1. The van der Waals surface area contributed by atoms with Crippen molar-refractivity contribution in [3.63, 3.8) is 0 Å². The molecule has 1 aliphatic rings. The van der Waals surface area contributed by atoms with Gasteiger partial charge in [0.05, 0.1) is 0 Å². The van der Waals surface area contributed by atoms with E-state index in [1.54, 1.807) is 0 Å². The van der Waals surface area contributed by atoms with Crippen molar-refractivity contribution in [3.8, 4) is 0 Å². The quantitative estimate of drug-likeness (QED) is 0.584. The van der Waals surface area contributed by atoms with Crippen LogP contribution in [0.5, 0.6) is 0 Å². The number of hydrogen-bond acceptors (Lipinski definition) is 0. The average Bonchev–Trinajstić information content (AvgIpc) is 2.14. The normalized spacial score (nSPS) is 23.8. The van der Waals surface area contributed by atoms with Gasteiger partial charge in [0.15, 0.2) is 0 Å². The van der Waals surface area contributed by atoms with Crippen LogP contribution >= 0.6 is 15.9 Å². The molecule has 1 fully saturated rings. The molecule has 0 aromatic rings. The van der Waals surface area contributed by atoms with Gasteiger partial charge in [-0.15, -0.1) is 0 Å². The fourth-order valence-corrected chi connectivity index (χ4v) is 2.70. The molecule has 0 unspecified atom stereocenters. The highest BCUT2D eigenvalue weighted by atomic mass is 79.9. The van der Waals surface area contributed by atoms with Crippen LogP contribution in [0.4, 0.5) is 0 Å². The molecule has 0 N–H and O–H groups in total. The monoisotopic (exact) mass is 232 g/mol. The molecule has 72 valence electrons. The maximum Gasteiger partial charge on any atom is 0.00596 e. The first-order valence-electron chi connectivity index (χ1n) is 5.49. The highest BCUT2D eigenvalue weighted by Gasteiger charge is 2.07. The molecule has 0 nitrogen and oxygen atoms in total. The van der Waals surface area contributed by atoms with Gasteiger partial charge in [0, 0.05) is 5.33 Å². The summed E-state index contributed by atoms with van der Waals surface area (Å²) >= 11 is 3.62. The van der Waals surface area contributed by atoms with Gasteiger partial charge in [-0.2, -0.15) is 0 Å². The largest absolute Gasteiger partial charge is 0.0925 e. The van der Waals surface area contributed by atoms with Gasteiger partial charge in [0.2, 0.25) is 0 Å². The summed E-state index contributed by atoms with van der Waals surface area (Å²) in [6, 6.07) is 0. The Balaban J connectivity index is 2.17. The summed E-state index contributed by atoms with van der Waals surface area (Å²) in [5, 5.41) is 1.23. The summed E-state index contributed by atoms with van der Waals surface area (Å²) in [6.07, 6.45) is 13.3. The van der Waals surface area contributed by atoms with Gasteiger partial charge in [0.25, 0.3) is 0 Å². The summed E-state index contributed by atoms with van der Waals surface area (Å²) in [5.74, 6) is 0.975. The van der Waals surface area contributed by atoms with Gasteiger partial charge >= 0.3 is 0 Å². The van der Waals surface area contributed by atoms with E-state index in [1.165, 1.54) is 63.1 Å². The van der Waals surface area contributed by atoms with Gasteiger partial charge in [0.1, 0.15) is 0 Å². The van der Waals surface area contributed by atoms with Gasteiger partial charge in [-0.1, -0.05) is 60.9 Å². The van der Waals surface area contributed by atoms with Crippen molar-refractivity contribution in [3.05, 3.63) is 0 Å². The van der Waals surface area contributed by atoms with Crippen LogP contribution < -0.4 is 0 Å². The van der Waals surface area contributed by atoms with Crippen LogP contribution in [-0.2, 0) is 0 Å². The lowest BCUT2D eigenvalue weighted by molar-refractivity contribution is 0.421. The van der Waals surface area contributed by atoms with Crippen LogP contribution in [0.1, 0.15) is 57.8 Å². The lowest BCUT2D eigenvalue weighted by Gasteiger charge is -2.15. The highest BCUT2D eigenvalue weighted by molar-refractivity contribution is 9.09. The van der Waals surface area contributed by atoms with Crippen LogP contribution in [0, 0.1) is 5.92 Å². The Morgan fingerprint density at radius 1 is 0.750 bits per heavy atom. The molecule has 0 spiro atoms. The Kier molecular flexibility index (Phi) is 6.11. The zero-order valence-electron chi connectivity index (χ0n) is 8.03. The molecule has 0 atom stereocenters. The van der Waals surface area contributed by atoms with Crippen molar-refractivity contribution in [1.29, 1.82) is 0 Å². The van der Waals surface area contributed by atoms with Crippen LogP contribution in [0.2, 0.25) is 0 Å². The third-order valence-electron chi connectivity index (χ3n) is 2.94. The van der Waals surface area contributed by atoms with Crippen molar-refractivity contribution in [2.75, 3.05) is 5.33 Å². The fraction of sp³-hybridized carbons (Fsp3) is 1.00. The first-order valence-corrected chi connectivity index (χ1v) is 6.61. The molecule has 1 rings (SSSR count). The van der Waals surface area contributed by atoms with Crippen LogP contribution in [0.3, 0.4) is 0 Å². The van der Waals surface area contributed by atoms with Gasteiger partial charge in [-0.25, -0.2) is 0 Å². The summed E-state index contributed by atoms with van der Waals surface area (Å²) < 4.78 is 0. The lowest BCUT2D eigenvalue weighted by atomic mass is 9.94. The Labute approximate surface area is 85.3 Å². The molecule has 0 aromatic heterocycles. The minimum absolute atomic E-state index is 0.975. The minimum atomic E-state index is 0.975. The second-order valence-corrected chi connectivity index (χ2v) is 4.72. The molecule has 1 aliphatic carbocycles. The maximum atomic E-state index is 3.62. The van der Waals surface area contributed by atoms with E-state index >= 15 is 0 Å². The summed E-state index contributed by atoms with van der Waals surface area (Å²) in [7, 11) is 0. The second kappa shape index (κ2) is 6.94. The van der Waals surface area contributed by atoms with Gasteiger partial charge < -0.3 is 0 Å². The summed E-state index contributed by atoms with van der Waals surface area (Å²) in [6.45, 7) is 0. The van der Waals surface area contributed by atoms with E-state index in [-0.39, 0.29) is 0 Å². The minimum Gasteiger partial charge on any atom is -0.0925 e. The zero-order chi connectivity index (χ0) is 8.65. The molecule has 0 radical (unpaired) electrons. The Morgan fingerprint density at radius 2 is 1.17 bits per heavy atom. The van der Waals surface area contributed by atoms with Gasteiger partial charge in [-0.3, -0.25) is 0 Å². The molecule has 0 heterocycles. The van der Waals surface area contributed by atoms with E-state index in [2.05, 4.69) is 15.9 Å². The average molecular weight is 233 g/mol. The molecule has 1 saturated carbocycles. The molecule has 0 bridgehead atoms. The van der Waals surface area contributed by atoms with Crippen LogP contribution in [0.15, 0.2) is 0 Å². The molecule has 0 aliphatic heterocycles. The van der Waals surface area contributed by atoms with Crippen LogP contribution in [-0.4, -0.2) is 5.33 Å². The van der Waals surface area contributed by atoms with E-state index in [4.69, 9.17) is 0 Å². The SMILES string of the molecule is BrCC1CCCCCCCCC1. The molecule has 0 aromatic carbocycles. The number of rotatable bonds is 1. The topological polar surface area (TPSA) is 0 Å². The lowest BCUT2D eigenvalue weighted by Crippen LogP contribution is -2.03. The molecular weight excluding hydrogens is 212 g/mol. The van der Waals surface area contributed by atoms with Crippen molar-refractivity contribution in [1.82, 2.24) is 0 Å². The predicted molar refractivity (Wildman–Crippen MR) is 58.8 cm³/mol. The molecular formula is C11H21Br. The van der Waals surface area contributed by atoms with Crippen molar-refractivity contribution in [2.45, 2.75) is 57.8 Å². The molecule has 0 saturated heterocycles. The van der Waals surface area contributed by atoms with Crippen molar-refractivity contribution < 1.29 is 0 Å². The predicted octanol–water partition coefficient (Wildman–Crippen LogP) is 4.52. The van der Waals surface area contributed by atoms with E-state index in [0.717, 1.165) is 5.92 Å². The Bertz CT molecular complexity index is 91.2. The second-order valence-electron chi connectivity index (χ2n) is 4.07. The third kappa shape index (κ3) is 4.49. The molecule has 12 heavy (non-hydrogen) atoms. The first kappa shape index (κ1) is 10.6. The smallest absolute Gasteiger partial charge is 0.00596 e. The number of hydrogen-bond donors (Lipinski definition) is 0. The number of halogens is 1. The van der Waals surface area contributed by atoms with Crippen molar-refractivity contribution in [2.24, 2.45) is 5.92 Å². The molecule has 1 heteroatoms. The highest BCUT2D eigenvalue weighted by Crippen LogP contribution is 2.22. The van der Waals surface area contributed by atoms with Gasteiger partial charge in [-0.05, 0) is 18.8 Å². The van der Waals surface area contributed by atoms with Crippen LogP contribution in [0.25, 0.3) is 0 Å². The Hall–Kier alpha value is 0.480.